The van der Waals surface area contributed by atoms with E-state index in [1.165, 1.54) is 25.9 Å². The van der Waals surface area contributed by atoms with Crippen LogP contribution in [-0.4, -0.2) is 75.0 Å². The van der Waals surface area contributed by atoms with Crippen LogP contribution >= 0.6 is 0 Å². The molecule has 0 radical (unpaired) electrons. The van der Waals surface area contributed by atoms with Crippen LogP contribution in [0.1, 0.15) is 56.0 Å². The monoisotopic (exact) mass is 403 g/mol. The van der Waals surface area contributed by atoms with Gasteiger partial charge in [-0.25, -0.2) is 0 Å². The van der Waals surface area contributed by atoms with Crippen molar-refractivity contribution in [3.63, 3.8) is 0 Å². The molecule has 164 valence electrons. The quantitative estimate of drug-likeness (QED) is 0.302. The maximum Gasteiger partial charge on any atom is 0.253 e. The van der Waals surface area contributed by atoms with Crippen molar-refractivity contribution in [2.45, 2.75) is 46.5 Å². The molecule has 0 unspecified atom stereocenters. The second kappa shape index (κ2) is 14.9. The second-order valence-electron chi connectivity index (χ2n) is 7.53. The van der Waals surface area contributed by atoms with Crippen molar-refractivity contribution in [3.8, 4) is 0 Å². The number of amides is 1. The molecule has 0 saturated heterocycles. The van der Waals surface area contributed by atoms with Crippen LogP contribution in [0, 0.1) is 0 Å². The van der Waals surface area contributed by atoms with Crippen LogP contribution in [0.15, 0.2) is 29.3 Å². The van der Waals surface area contributed by atoms with Crippen LogP contribution < -0.4 is 10.6 Å². The third-order valence-corrected chi connectivity index (χ3v) is 4.61. The van der Waals surface area contributed by atoms with Gasteiger partial charge in [-0.2, -0.15) is 0 Å². The van der Waals surface area contributed by atoms with Gasteiger partial charge in [-0.1, -0.05) is 26.0 Å². The molecule has 1 rings (SSSR count). The van der Waals surface area contributed by atoms with Crippen molar-refractivity contribution in [2.24, 2.45) is 4.99 Å². The fraction of sp³-hybridized carbons (Fsp3) is 0.652. The Bertz CT molecular complexity index is 609. The van der Waals surface area contributed by atoms with E-state index in [1.54, 1.807) is 19.0 Å². The predicted octanol–water partition coefficient (Wildman–Crippen LogP) is 3.00. The first-order valence-corrected chi connectivity index (χ1v) is 11.1. The lowest BCUT2D eigenvalue weighted by molar-refractivity contribution is 0.0827. The molecule has 2 N–H and O–H groups in total. The van der Waals surface area contributed by atoms with E-state index in [0.29, 0.717) is 0 Å². The zero-order valence-electron chi connectivity index (χ0n) is 19.1. The highest BCUT2D eigenvalue weighted by Crippen LogP contribution is 2.07. The van der Waals surface area contributed by atoms with Gasteiger partial charge in [-0.3, -0.25) is 9.79 Å². The van der Waals surface area contributed by atoms with E-state index in [1.807, 2.05) is 18.2 Å². The Labute approximate surface area is 177 Å². The van der Waals surface area contributed by atoms with E-state index in [4.69, 9.17) is 4.99 Å². The van der Waals surface area contributed by atoms with Crippen LogP contribution in [0.5, 0.6) is 0 Å². The van der Waals surface area contributed by atoms with Gasteiger partial charge < -0.3 is 20.4 Å². The Kier molecular flexibility index (Phi) is 12.8. The summed E-state index contributed by atoms with van der Waals surface area (Å²) in [5.74, 6) is 0.903. The van der Waals surface area contributed by atoms with E-state index in [0.717, 1.165) is 56.1 Å². The summed E-state index contributed by atoms with van der Waals surface area (Å²) in [4.78, 5) is 21.0. The first-order valence-electron chi connectivity index (χ1n) is 11.1. The number of aliphatic imine (C=N–C) groups is 1. The number of guanidine groups is 1. The van der Waals surface area contributed by atoms with Gasteiger partial charge in [0.05, 0.1) is 0 Å². The number of carbonyl (C=O) groups is 1. The van der Waals surface area contributed by atoms with Crippen molar-refractivity contribution < 1.29 is 4.79 Å². The molecule has 0 aliphatic carbocycles. The zero-order chi connectivity index (χ0) is 21.5. The van der Waals surface area contributed by atoms with Gasteiger partial charge >= 0.3 is 0 Å². The van der Waals surface area contributed by atoms with Gasteiger partial charge in [0, 0.05) is 39.3 Å². The molecule has 6 nitrogen and oxygen atoms in total. The summed E-state index contributed by atoms with van der Waals surface area (Å²) in [5, 5.41) is 6.73. The van der Waals surface area contributed by atoms with Crippen LogP contribution in [-0.2, 0) is 6.42 Å². The number of carbonyl (C=O) groups excluding carboxylic acids is 1. The summed E-state index contributed by atoms with van der Waals surface area (Å²) in [7, 11) is 3.55. The summed E-state index contributed by atoms with van der Waals surface area (Å²) in [6.45, 7) is 12.5. The molecular weight excluding hydrogens is 362 g/mol. The van der Waals surface area contributed by atoms with Gasteiger partial charge in [-0.05, 0) is 69.9 Å². The van der Waals surface area contributed by atoms with E-state index in [2.05, 4.69) is 42.4 Å². The number of nitrogens with zero attached hydrogens (tertiary/aromatic N) is 3. The van der Waals surface area contributed by atoms with Crippen molar-refractivity contribution >= 4 is 11.9 Å². The Morgan fingerprint density at radius 3 is 2.38 bits per heavy atom. The number of hydrogen-bond donors (Lipinski definition) is 2. The molecule has 0 fully saturated rings. The maximum absolute atomic E-state index is 12.1. The van der Waals surface area contributed by atoms with Gasteiger partial charge in [0.15, 0.2) is 5.96 Å². The lowest BCUT2D eigenvalue weighted by Crippen LogP contribution is -2.38. The van der Waals surface area contributed by atoms with Crippen molar-refractivity contribution in [1.82, 2.24) is 20.4 Å². The number of hydrogen-bond acceptors (Lipinski definition) is 3. The van der Waals surface area contributed by atoms with Gasteiger partial charge in [0.1, 0.15) is 0 Å². The second-order valence-corrected chi connectivity index (χ2v) is 7.53. The third-order valence-electron chi connectivity index (χ3n) is 4.61. The molecule has 1 aromatic rings. The van der Waals surface area contributed by atoms with E-state index >= 15 is 0 Å². The van der Waals surface area contributed by atoms with E-state index < -0.39 is 0 Å². The topological polar surface area (TPSA) is 60.0 Å². The Balaban J connectivity index is 2.48. The highest BCUT2D eigenvalue weighted by Gasteiger charge is 2.08. The minimum Gasteiger partial charge on any atom is -0.357 e. The Morgan fingerprint density at radius 1 is 1.03 bits per heavy atom. The fourth-order valence-electron chi connectivity index (χ4n) is 3.24. The van der Waals surface area contributed by atoms with Crippen molar-refractivity contribution in [2.75, 3.05) is 53.4 Å². The van der Waals surface area contributed by atoms with Crippen molar-refractivity contribution in [3.05, 3.63) is 35.4 Å². The average molecular weight is 404 g/mol. The maximum atomic E-state index is 12.1. The zero-order valence-corrected chi connectivity index (χ0v) is 19.1. The molecular formula is C23H41N5O. The summed E-state index contributed by atoms with van der Waals surface area (Å²) < 4.78 is 0. The highest BCUT2D eigenvalue weighted by atomic mass is 16.2. The normalized spacial score (nSPS) is 11.6. The Morgan fingerprint density at radius 2 is 1.76 bits per heavy atom. The molecule has 0 atom stereocenters. The van der Waals surface area contributed by atoms with Crippen LogP contribution in [0.3, 0.4) is 0 Å². The smallest absolute Gasteiger partial charge is 0.253 e. The molecule has 0 bridgehead atoms. The standard InChI is InChI=1S/C23H41N5O/c1-6-16-28(17-7-2)18-10-14-25-23(24-8-3)26-15-13-20-11-9-12-21(19-20)22(29)27(4)5/h9,11-12,19H,6-8,10,13-18H2,1-5H3,(H2,24,25,26). The highest BCUT2D eigenvalue weighted by molar-refractivity contribution is 5.94. The van der Waals surface area contributed by atoms with Gasteiger partial charge in [-0.15, -0.1) is 0 Å². The SMILES string of the molecule is CCCN(CCC)CCCN=C(NCC)NCCc1cccc(C(=O)N(C)C)c1. The fourth-order valence-corrected chi connectivity index (χ4v) is 3.24. The van der Waals surface area contributed by atoms with Crippen LogP contribution in [0.4, 0.5) is 0 Å². The molecule has 1 amide bonds. The molecule has 0 aliphatic rings. The van der Waals surface area contributed by atoms with Gasteiger partial charge in [0.25, 0.3) is 5.91 Å². The minimum atomic E-state index is 0.0369. The van der Waals surface area contributed by atoms with E-state index in [-0.39, 0.29) is 5.91 Å². The minimum absolute atomic E-state index is 0.0369. The van der Waals surface area contributed by atoms with E-state index in [9.17, 15) is 4.79 Å². The molecule has 29 heavy (non-hydrogen) atoms. The van der Waals surface area contributed by atoms with Crippen molar-refractivity contribution in [1.29, 1.82) is 0 Å². The molecule has 1 aromatic carbocycles. The predicted molar refractivity (Wildman–Crippen MR) is 124 cm³/mol. The number of benzene rings is 1. The molecule has 0 saturated carbocycles. The molecule has 0 heterocycles. The lowest BCUT2D eigenvalue weighted by Gasteiger charge is -2.20. The molecule has 0 spiro atoms. The summed E-state index contributed by atoms with van der Waals surface area (Å²) in [6, 6.07) is 7.85. The third kappa shape index (κ3) is 10.3. The number of rotatable bonds is 13. The molecule has 0 aromatic heterocycles. The van der Waals surface area contributed by atoms with Crippen LogP contribution in [0.25, 0.3) is 0 Å². The average Bonchev–Trinajstić information content (AvgIpc) is 2.71. The summed E-state index contributed by atoms with van der Waals surface area (Å²) in [5.41, 5.74) is 1.88. The summed E-state index contributed by atoms with van der Waals surface area (Å²) in [6.07, 6.45) is 4.33. The molecule has 0 aliphatic heterocycles. The number of nitrogens with one attached hydrogen (secondary N) is 2. The first-order chi connectivity index (χ1) is 14.0. The van der Waals surface area contributed by atoms with Crippen LogP contribution in [0.2, 0.25) is 0 Å². The lowest BCUT2D eigenvalue weighted by atomic mass is 10.1. The molecule has 6 heteroatoms. The Hall–Kier alpha value is -2.08. The largest absolute Gasteiger partial charge is 0.357 e. The first kappa shape index (κ1) is 25.0. The summed E-state index contributed by atoms with van der Waals surface area (Å²) >= 11 is 0. The van der Waals surface area contributed by atoms with Gasteiger partial charge in [0.2, 0.25) is 0 Å².